The van der Waals surface area contributed by atoms with Crippen LogP contribution in [0.1, 0.15) is 18.9 Å². The normalized spacial score (nSPS) is 11.2. The molecule has 1 aromatic carbocycles. The molecule has 1 aromatic rings. The van der Waals surface area contributed by atoms with Gasteiger partial charge in [0.2, 0.25) is 0 Å². The molecular weight excluding hydrogens is 156 g/mol. The smallest absolute Gasteiger partial charge is 0.0381 e. The van der Waals surface area contributed by atoms with Crippen molar-refractivity contribution < 1.29 is 0 Å². The molecule has 1 rings (SSSR count). The third-order valence-electron chi connectivity index (χ3n) is 1.90. The maximum atomic E-state index is 3.74. The van der Waals surface area contributed by atoms with Gasteiger partial charge in [-0.2, -0.15) is 0 Å². The summed E-state index contributed by atoms with van der Waals surface area (Å²) in [5, 5.41) is 0. The zero-order chi connectivity index (χ0) is 9.52. The second kappa shape index (κ2) is 5.22. The lowest BCUT2D eigenvalue weighted by Gasteiger charge is -1.96. The van der Waals surface area contributed by atoms with Crippen molar-refractivity contribution in [2.45, 2.75) is 13.3 Å². The summed E-state index contributed by atoms with van der Waals surface area (Å²) in [7, 11) is 0. The maximum absolute atomic E-state index is 3.74. The van der Waals surface area contributed by atoms with E-state index < -0.39 is 0 Å². The molecule has 0 heterocycles. The molecule has 0 nitrogen and oxygen atoms in total. The number of benzene rings is 1. The molecule has 66 valence electrons. The third-order valence-corrected chi connectivity index (χ3v) is 1.90. The SMILES string of the molecule is C=CC(C#Cc1ccccc1)CC. The molecule has 0 saturated carbocycles. The molecular formula is C13H14. The number of hydrogen-bond acceptors (Lipinski definition) is 0. The minimum atomic E-state index is 0.320. The molecule has 0 amide bonds. The lowest BCUT2D eigenvalue weighted by Crippen LogP contribution is -1.87. The van der Waals surface area contributed by atoms with Crippen LogP contribution < -0.4 is 0 Å². The summed E-state index contributed by atoms with van der Waals surface area (Å²) in [5.74, 6) is 6.61. The molecule has 0 heteroatoms. The van der Waals surface area contributed by atoms with Crippen LogP contribution in [0.3, 0.4) is 0 Å². The Morgan fingerprint density at radius 3 is 2.62 bits per heavy atom. The van der Waals surface area contributed by atoms with Crippen molar-refractivity contribution in [3.63, 3.8) is 0 Å². The first-order valence-corrected chi connectivity index (χ1v) is 4.56. The Bertz CT molecular complexity index is 311. The summed E-state index contributed by atoms with van der Waals surface area (Å²) in [5.41, 5.74) is 1.07. The summed E-state index contributed by atoms with van der Waals surface area (Å²) in [4.78, 5) is 0. The predicted molar refractivity (Wildman–Crippen MR) is 57.3 cm³/mol. The van der Waals surface area contributed by atoms with Crippen LogP contribution in [-0.2, 0) is 0 Å². The van der Waals surface area contributed by atoms with Gasteiger partial charge in [0.25, 0.3) is 0 Å². The van der Waals surface area contributed by atoms with Gasteiger partial charge in [-0.1, -0.05) is 43.0 Å². The van der Waals surface area contributed by atoms with Crippen molar-refractivity contribution in [1.82, 2.24) is 0 Å². The highest BCUT2D eigenvalue weighted by molar-refractivity contribution is 5.34. The second-order valence-corrected chi connectivity index (χ2v) is 2.89. The average molecular weight is 170 g/mol. The maximum Gasteiger partial charge on any atom is 0.0381 e. The average Bonchev–Trinajstić information content (AvgIpc) is 2.21. The highest BCUT2D eigenvalue weighted by Crippen LogP contribution is 2.02. The topological polar surface area (TPSA) is 0 Å². The first-order chi connectivity index (χ1) is 6.36. The summed E-state index contributed by atoms with van der Waals surface area (Å²) >= 11 is 0. The van der Waals surface area contributed by atoms with Gasteiger partial charge in [-0.05, 0) is 18.6 Å². The third kappa shape index (κ3) is 3.17. The van der Waals surface area contributed by atoms with Crippen LogP contribution >= 0.6 is 0 Å². The largest absolute Gasteiger partial charge is 0.102 e. The van der Waals surface area contributed by atoms with Gasteiger partial charge in [0, 0.05) is 11.5 Å². The van der Waals surface area contributed by atoms with Crippen molar-refractivity contribution in [2.75, 3.05) is 0 Å². The van der Waals surface area contributed by atoms with Crippen molar-refractivity contribution >= 4 is 0 Å². The van der Waals surface area contributed by atoms with Gasteiger partial charge in [-0.15, -0.1) is 6.58 Å². The van der Waals surface area contributed by atoms with E-state index in [0.717, 1.165) is 12.0 Å². The minimum Gasteiger partial charge on any atom is -0.102 e. The monoisotopic (exact) mass is 170 g/mol. The Labute approximate surface area is 80.3 Å². The summed E-state index contributed by atoms with van der Waals surface area (Å²) in [6, 6.07) is 10.0. The van der Waals surface area contributed by atoms with Gasteiger partial charge in [0.15, 0.2) is 0 Å². The lowest BCUT2D eigenvalue weighted by molar-refractivity contribution is 0.802. The van der Waals surface area contributed by atoms with Crippen LogP contribution in [0.2, 0.25) is 0 Å². The van der Waals surface area contributed by atoms with Gasteiger partial charge >= 0.3 is 0 Å². The fraction of sp³-hybridized carbons (Fsp3) is 0.231. The molecule has 0 spiro atoms. The number of allylic oxidation sites excluding steroid dienone is 1. The molecule has 0 fully saturated rings. The molecule has 1 atom stereocenters. The molecule has 0 aliphatic heterocycles. The molecule has 13 heavy (non-hydrogen) atoms. The van der Waals surface area contributed by atoms with Gasteiger partial charge in [0.05, 0.1) is 0 Å². The minimum absolute atomic E-state index is 0.320. The Morgan fingerprint density at radius 2 is 2.08 bits per heavy atom. The molecule has 0 bridgehead atoms. The van der Waals surface area contributed by atoms with E-state index in [1.54, 1.807) is 0 Å². The predicted octanol–water partition coefficient (Wildman–Crippen LogP) is 3.25. The van der Waals surface area contributed by atoms with Gasteiger partial charge in [-0.25, -0.2) is 0 Å². The van der Waals surface area contributed by atoms with Crippen molar-refractivity contribution in [1.29, 1.82) is 0 Å². The number of rotatable bonds is 2. The van der Waals surface area contributed by atoms with E-state index in [0.29, 0.717) is 5.92 Å². The standard InChI is InChI=1S/C13H14/c1-3-12(4-2)10-11-13-8-6-5-7-9-13/h3,5-9,12H,1,4H2,2H3. The van der Waals surface area contributed by atoms with E-state index in [1.807, 2.05) is 36.4 Å². The van der Waals surface area contributed by atoms with Crippen LogP contribution in [0.5, 0.6) is 0 Å². The molecule has 0 N–H and O–H groups in total. The van der Waals surface area contributed by atoms with Gasteiger partial charge < -0.3 is 0 Å². The quantitative estimate of drug-likeness (QED) is 0.472. The highest BCUT2D eigenvalue weighted by Gasteiger charge is 1.92. The van der Waals surface area contributed by atoms with Crippen molar-refractivity contribution in [2.24, 2.45) is 5.92 Å². The van der Waals surface area contributed by atoms with E-state index in [9.17, 15) is 0 Å². The molecule has 0 aromatic heterocycles. The van der Waals surface area contributed by atoms with Gasteiger partial charge in [0.1, 0.15) is 0 Å². The fourth-order valence-corrected chi connectivity index (χ4v) is 1.03. The van der Waals surface area contributed by atoms with Gasteiger partial charge in [-0.3, -0.25) is 0 Å². The van der Waals surface area contributed by atoms with Crippen molar-refractivity contribution in [3.8, 4) is 11.8 Å². The molecule has 0 aliphatic rings. The van der Waals surface area contributed by atoms with Crippen LogP contribution in [0.25, 0.3) is 0 Å². The van der Waals surface area contributed by atoms with E-state index >= 15 is 0 Å². The van der Waals surface area contributed by atoms with Crippen LogP contribution in [-0.4, -0.2) is 0 Å². The zero-order valence-electron chi connectivity index (χ0n) is 7.96. The Balaban J connectivity index is 2.72. The van der Waals surface area contributed by atoms with E-state index in [4.69, 9.17) is 0 Å². The van der Waals surface area contributed by atoms with Crippen LogP contribution in [0.15, 0.2) is 43.0 Å². The molecule has 0 aliphatic carbocycles. The van der Waals surface area contributed by atoms with Crippen LogP contribution in [0.4, 0.5) is 0 Å². The van der Waals surface area contributed by atoms with Crippen molar-refractivity contribution in [3.05, 3.63) is 48.6 Å². The summed E-state index contributed by atoms with van der Waals surface area (Å²) in [6.45, 7) is 5.86. The zero-order valence-corrected chi connectivity index (χ0v) is 7.96. The first kappa shape index (κ1) is 9.61. The molecule has 1 unspecified atom stereocenters. The lowest BCUT2D eigenvalue weighted by atomic mass is 10.1. The Kier molecular flexibility index (Phi) is 3.85. The fourth-order valence-electron chi connectivity index (χ4n) is 1.03. The number of hydrogen-bond donors (Lipinski definition) is 0. The summed E-state index contributed by atoms with van der Waals surface area (Å²) in [6.07, 6.45) is 2.93. The first-order valence-electron chi connectivity index (χ1n) is 4.56. The second-order valence-electron chi connectivity index (χ2n) is 2.89. The summed E-state index contributed by atoms with van der Waals surface area (Å²) < 4.78 is 0. The van der Waals surface area contributed by atoms with E-state index in [1.165, 1.54) is 0 Å². The molecule has 0 radical (unpaired) electrons. The van der Waals surface area contributed by atoms with Crippen LogP contribution in [0, 0.1) is 17.8 Å². The van der Waals surface area contributed by atoms with E-state index in [2.05, 4.69) is 25.3 Å². The van der Waals surface area contributed by atoms with E-state index in [-0.39, 0.29) is 0 Å². The molecule has 0 saturated heterocycles. The Hall–Kier alpha value is -1.48. The highest BCUT2D eigenvalue weighted by atomic mass is 14.0. The Morgan fingerprint density at radius 1 is 1.38 bits per heavy atom.